The number of hydrogen-bond donors (Lipinski definition) is 7. The number of aliphatic carboxylic acids is 1. The smallest absolute Gasteiger partial charge is 0.327 e. The highest BCUT2D eigenvalue weighted by Gasteiger charge is 2.38. The Morgan fingerprint density at radius 3 is 2.62 bits per heavy atom. The number of aromatic nitrogens is 1. The zero-order valence-electron chi connectivity index (χ0n) is 20.7. The van der Waals surface area contributed by atoms with Gasteiger partial charge in [-0.2, -0.15) is 12.6 Å². The summed E-state index contributed by atoms with van der Waals surface area (Å²) in [6, 6.07) is 3.99. The Morgan fingerprint density at radius 1 is 1.16 bits per heavy atom. The molecule has 4 atom stereocenters. The van der Waals surface area contributed by atoms with E-state index in [9.17, 15) is 24.3 Å². The van der Waals surface area contributed by atoms with Crippen molar-refractivity contribution in [1.82, 2.24) is 20.5 Å². The van der Waals surface area contributed by atoms with Crippen LogP contribution in [-0.2, 0) is 25.6 Å². The zero-order valence-corrected chi connectivity index (χ0v) is 21.6. The largest absolute Gasteiger partial charge is 0.480 e. The number of carbonyl (C=O) groups is 4. The molecule has 8 N–H and O–H groups in total. The first-order valence-corrected chi connectivity index (χ1v) is 13.2. The van der Waals surface area contributed by atoms with Gasteiger partial charge in [0.2, 0.25) is 17.7 Å². The molecule has 4 unspecified atom stereocenters. The number of carbonyl (C=O) groups excluding carboxylic acids is 3. The summed E-state index contributed by atoms with van der Waals surface area (Å²) in [5.41, 5.74) is 13.7. The number of carboxylic acids is 1. The highest BCUT2D eigenvalue weighted by atomic mass is 32.1. The van der Waals surface area contributed by atoms with Crippen LogP contribution in [0.4, 0.5) is 0 Å². The Kier molecular flexibility index (Phi) is 10.4. The third-order valence-corrected chi connectivity index (χ3v) is 7.01. The summed E-state index contributed by atoms with van der Waals surface area (Å²) in [6.07, 6.45) is 4.73. The van der Waals surface area contributed by atoms with E-state index in [1.54, 1.807) is 0 Å². The summed E-state index contributed by atoms with van der Waals surface area (Å²) in [5, 5.41) is 15.5. The lowest BCUT2D eigenvalue weighted by molar-refractivity contribution is -0.144. The number of aromatic amines is 1. The standard InChI is InChI=1S/C25H36N6O5S/c26-10-4-3-8-19(24(34)31-11-5-9-21(31)23(33)30-20(14-37)25(35)36)29-22(32)17(27)12-15-13-28-18-7-2-1-6-16(15)18/h1-2,6-7,13,17,19-21,28,37H,3-5,8-12,14,26-27H2,(H,29,32)(H,30,33)(H,35,36). The van der Waals surface area contributed by atoms with Gasteiger partial charge in [-0.1, -0.05) is 18.2 Å². The highest BCUT2D eigenvalue weighted by Crippen LogP contribution is 2.21. The van der Waals surface area contributed by atoms with Crippen LogP contribution in [0.3, 0.4) is 0 Å². The van der Waals surface area contributed by atoms with Gasteiger partial charge < -0.3 is 37.1 Å². The average Bonchev–Trinajstić information content (AvgIpc) is 3.54. The molecule has 11 nitrogen and oxygen atoms in total. The molecule has 0 bridgehead atoms. The van der Waals surface area contributed by atoms with Crippen molar-refractivity contribution in [1.29, 1.82) is 0 Å². The van der Waals surface area contributed by atoms with Crippen molar-refractivity contribution in [3.63, 3.8) is 0 Å². The molecule has 1 aromatic carbocycles. The molecular formula is C25H36N6O5S. The van der Waals surface area contributed by atoms with Gasteiger partial charge in [0.05, 0.1) is 6.04 Å². The van der Waals surface area contributed by atoms with E-state index in [4.69, 9.17) is 11.5 Å². The lowest BCUT2D eigenvalue weighted by Gasteiger charge is -2.30. The van der Waals surface area contributed by atoms with Gasteiger partial charge in [-0.15, -0.1) is 0 Å². The second-order valence-electron chi connectivity index (χ2n) is 9.29. The van der Waals surface area contributed by atoms with Crippen molar-refractivity contribution in [3.05, 3.63) is 36.0 Å². The molecule has 3 amide bonds. The van der Waals surface area contributed by atoms with Crippen molar-refractivity contribution >= 4 is 47.2 Å². The number of H-pyrrole nitrogens is 1. The first-order chi connectivity index (χ1) is 17.8. The fourth-order valence-electron chi connectivity index (χ4n) is 4.62. The number of likely N-dealkylation sites (tertiary alicyclic amines) is 1. The second kappa shape index (κ2) is 13.5. The summed E-state index contributed by atoms with van der Waals surface area (Å²) in [6.45, 7) is 0.782. The second-order valence-corrected chi connectivity index (χ2v) is 9.65. The molecule has 12 heteroatoms. The van der Waals surface area contributed by atoms with Gasteiger partial charge >= 0.3 is 5.97 Å². The third kappa shape index (κ3) is 7.24. The van der Waals surface area contributed by atoms with Crippen molar-refractivity contribution in [3.8, 4) is 0 Å². The molecule has 0 aliphatic carbocycles. The number of nitrogens with two attached hydrogens (primary N) is 2. The molecule has 1 saturated heterocycles. The number of hydrogen-bond acceptors (Lipinski definition) is 7. The van der Waals surface area contributed by atoms with Crippen LogP contribution in [0.25, 0.3) is 10.9 Å². The monoisotopic (exact) mass is 532 g/mol. The van der Waals surface area contributed by atoms with Gasteiger partial charge in [0.25, 0.3) is 0 Å². The van der Waals surface area contributed by atoms with Crippen LogP contribution in [0.1, 0.15) is 37.7 Å². The van der Waals surface area contributed by atoms with E-state index in [1.807, 2.05) is 30.5 Å². The van der Waals surface area contributed by atoms with E-state index >= 15 is 0 Å². The lowest BCUT2D eigenvalue weighted by atomic mass is 10.0. The zero-order chi connectivity index (χ0) is 26.9. The number of amides is 3. The average molecular weight is 533 g/mol. The van der Waals surface area contributed by atoms with Gasteiger partial charge in [0, 0.05) is 29.4 Å². The van der Waals surface area contributed by atoms with Gasteiger partial charge in [0.15, 0.2) is 0 Å². The summed E-state index contributed by atoms with van der Waals surface area (Å²) in [7, 11) is 0. The van der Waals surface area contributed by atoms with Gasteiger partial charge in [-0.3, -0.25) is 14.4 Å². The van der Waals surface area contributed by atoms with Gasteiger partial charge in [0.1, 0.15) is 18.1 Å². The van der Waals surface area contributed by atoms with E-state index in [-0.39, 0.29) is 18.1 Å². The number of carboxylic acid groups (broad SMARTS) is 1. The van der Waals surface area contributed by atoms with E-state index in [1.165, 1.54) is 4.90 Å². The van der Waals surface area contributed by atoms with Gasteiger partial charge in [-0.25, -0.2) is 4.79 Å². The van der Waals surface area contributed by atoms with E-state index in [2.05, 4.69) is 28.2 Å². The molecule has 3 rings (SSSR count). The number of para-hydroxylation sites is 1. The normalized spacial score (nSPS) is 17.8. The predicted molar refractivity (Wildman–Crippen MR) is 143 cm³/mol. The fourth-order valence-corrected chi connectivity index (χ4v) is 4.86. The quantitative estimate of drug-likeness (QED) is 0.141. The van der Waals surface area contributed by atoms with Crippen molar-refractivity contribution in [2.45, 2.75) is 62.7 Å². The predicted octanol–water partition coefficient (Wildman–Crippen LogP) is 0.142. The van der Waals surface area contributed by atoms with Crippen molar-refractivity contribution in [2.24, 2.45) is 11.5 Å². The molecule has 0 spiro atoms. The van der Waals surface area contributed by atoms with Crippen LogP contribution < -0.4 is 22.1 Å². The Hall–Kier alpha value is -3.09. The highest BCUT2D eigenvalue weighted by molar-refractivity contribution is 7.80. The number of fused-ring (bicyclic) bond motifs is 1. The number of benzene rings is 1. The van der Waals surface area contributed by atoms with Gasteiger partial charge in [-0.05, 0) is 56.7 Å². The maximum Gasteiger partial charge on any atom is 0.327 e. The molecule has 2 heterocycles. The first kappa shape index (κ1) is 28.5. The maximum absolute atomic E-state index is 13.5. The molecule has 2 aromatic rings. The molecule has 0 saturated carbocycles. The topological polar surface area (TPSA) is 184 Å². The minimum Gasteiger partial charge on any atom is -0.480 e. The number of unbranched alkanes of at least 4 members (excludes halogenated alkanes) is 1. The molecule has 202 valence electrons. The summed E-state index contributed by atoms with van der Waals surface area (Å²) < 4.78 is 0. The number of nitrogens with one attached hydrogen (secondary N) is 3. The van der Waals surface area contributed by atoms with E-state index in [0.717, 1.165) is 16.5 Å². The molecule has 1 fully saturated rings. The van der Waals surface area contributed by atoms with E-state index in [0.29, 0.717) is 45.2 Å². The summed E-state index contributed by atoms with van der Waals surface area (Å²) in [4.78, 5) is 55.3. The minimum absolute atomic E-state index is 0.0756. The van der Waals surface area contributed by atoms with Crippen LogP contribution >= 0.6 is 12.6 Å². The molecular weight excluding hydrogens is 496 g/mol. The number of rotatable bonds is 13. The maximum atomic E-state index is 13.5. The minimum atomic E-state index is -1.20. The SMILES string of the molecule is NCCCCC(NC(=O)C(N)Cc1c[nH]c2ccccc12)C(=O)N1CCCC1C(=O)NC(CS)C(=O)O. The Labute approximate surface area is 221 Å². The lowest BCUT2D eigenvalue weighted by Crippen LogP contribution is -2.57. The summed E-state index contributed by atoms with van der Waals surface area (Å²) in [5.74, 6) is -2.67. The third-order valence-electron chi connectivity index (χ3n) is 6.65. The molecule has 1 aliphatic heterocycles. The Balaban J connectivity index is 1.69. The Bertz CT molecular complexity index is 1110. The molecule has 37 heavy (non-hydrogen) atoms. The van der Waals surface area contributed by atoms with Crippen LogP contribution in [0.15, 0.2) is 30.5 Å². The van der Waals surface area contributed by atoms with Crippen LogP contribution in [-0.4, -0.2) is 81.7 Å². The number of thiol groups is 1. The van der Waals surface area contributed by atoms with E-state index < -0.39 is 42.0 Å². The Morgan fingerprint density at radius 2 is 1.92 bits per heavy atom. The number of nitrogens with zero attached hydrogens (tertiary/aromatic N) is 1. The summed E-state index contributed by atoms with van der Waals surface area (Å²) >= 11 is 3.98. The molecule has 1 aliphatic rings. The van der Waals surface area contributed by atoms with Crippen LogP contribution in [0, 0.1) is 0 Å². The van der Waals surface area contributed by atoms with Crippen molar-refractivity contribution in [2.75, 3.05) is 18.8 Å². The van der Waals surface area contributed by atoms with Crippen molar-refractivity contribution < 1.29 is 24.3 Å². The fraction of sp³-hybridized carbons (Fsp3) is 0.520. The first-order valence-electron chi connectivity index (χ1n) is 12.5. The molecule has 1 aromatic heterocycles. The van der Waals surface area contributed by atoms with Crippen LogP contribution in [0.2, 0.25) is 0 Å². The molecule has 0 radical (unpaired) electrons. The van der Waals surface area contributed by atoms with Crippen LogP contribution in [0.5, 0.6) is 0 Å².